The first kappa shape index (κ1) is 13.4. The molecule has 0 saturated heterocycles. The van der Waals surface area contributed by atoms with E-state index in [1.807, 2.05) is 0 Å². The van der Waals surface area contributed by atoms with Crippen molar-refractivity contribution >= 4 is 17.5 Å². The second-order valence-electron chi connectivity index (χ2n) is 3.81. The average Bonchev–Trinajstić information content (AvgIpc) is 2.85. The van der Waals surface area contributed by atoms with Gasteiger partial charge in [0.05, 0.1) is 0 Å². The number of aromatic nitrogens is 4. The Hall–Kier alpha value is -2.02. The number of nitrogens with one attached hydrogen (secondary N) is 1. The standard InChI is InChI=1S/C11H11ClFN5O/c12-9-2-1-3-10(13)8(9)4-5-14-11(19)6-18-7-15-16-17-18/h1-3,7H,4-6H2,(H,14,19). The minimum Gasteiger partial charge on any atom is -0.354 e. The topological polar surface area (TPSA) is 72.7 Å². The molecule has 0 atom stereocenters. The zero-order valence-corrected chi connectivity index (χ0v) is 10.6. The Kier molecular flexibility index (Phi) is 4.40. The molecule has 1 heterocycles. The number of halogens is 2. The highest BCUT2D eigenvalue weighted by atomic mass is 35.5. The van der Waals surface area contributed by atoms with Crippen molar-refractivity contribution in [3.05, 3.63) is 40.9 Å². The van der Waals surface area contributed by atoms with E-state index >= 15 is 0 Å². The summed E-state index contributed by atoms with van der Waals surface area (Å²) in [5.41, 5.74) is 0.395. The van der Waals surface area contributed by atoms with Gasteiger partial charge in [0.1, 0.15) is 18.7 Å². The normalized spacial score (nSPS) is 10.4. The molecule has 8 heteroatoms. The quantitative estimate of drug-likeness (QED) is 0.882. The van der Waals surface area contributed by atoms with Crippen molar-refractivity contribution in [1.82, 2.24) is 25.5 Å². The second-order valence-corrected chi connectivity index (χ2v) is 4.21. The van der Waals surface area contributed by atoms with Crippen LogP contribution in [0.15, 0.2) is 24.5 Å². The molecule has 19 heavy (non-hydrogen) atoms. The molecular weight excluding hydrogens is 273 g/mol. The van der Waals surface area contributed by atoms with E-state index in [0.717, 1.165) is 0 Å². The van der Waals surface area contributed by atoms with Gasteiger partial charge in [-0.1, -0.05) is 17.7 Å². The Bertz CT molecular complexity index is 540. The second kappa shape index (κ2) is 6.24. The Morgan fingerprint density at radius 1 is 1.47 bits per heavy atom. The SMILES string of the molecule is O=C(Cn1cnnn1)NCCc1c(F)cccc1Cl. The van der Waals surface area contributed by atoms with E-state index in [-0.39, 0.29) is 18.3 Å². The fourth-order valence-corrected chi connectivity index (χ4v) is 1.81. The molecular formula is C11H11ClFN5O. The monoisotopic (exact) mass is 283 g/mol. The molecule has 0 aliphatic carbocycles. The minimum atomic E-state index is -0.373. The van der Waals surface area contributed by atoms with Gasteiger partial charge >= 0.3 is 0 Å². The number of rotatable bonds is 5. The van der Waals surface area contributed by atoms with Crippen molar-refractivity contribution in [2.24, 2.45) is 0 Å². The van der Waals surface area contributed by atoms with Crippen LogP contribution < -0.4 is 5.32 Å². The average molecular weight is 284 g/mol. The lowest BCUT2D eigenvalue weighted by Crippen LogP contribution is -2.29. The Balaban J connectivity index is 1.82. The first-order valence-electron chi connectivity index (χ1n) is 5.57. The van der Waals surface area contributed by atoms with Crippen molar-refractivity contribution in [1.29, 1.82) is 0 Å². The highest BCUT2D eigenvalue weighted by molar-refractivity contribution is 6.31. The van der Waals surface area contributed by atoms with Gasteiger partial charge in [0.15, 0.2) is 0 Å². The van der Waals surface area contributed by atoms with E-state index in [4.69, 9.17) is 11.6 Å². The van der Waals surface area contributed by atoms with Gasteiger partial charge in [-0.05, 0) is 29.0 Å². The maximum Gasteiger partial charge on any atom is 0.241 e. The number of hydrogen-bond acceptors (Lipinski definition) is 4. The minimum absolute atomic E-state index is 0.0258. The molecule has 0 bridgehead atoms. The number of carbonyl (C=O) groups excluding carboxylic acids is 1. The van der Waals surface area contributed by atoms with Crippen molar-refractivity contribution in [3.63, 3.8) is 0 Å². The third-order valence-electron chi connectivity index (χ3n) is 2.46. The van der Waals surface area contributed by atoms with Crippen LogP contribution in [0.25, 0.3) is 0 Å². The summed E-state index contributed by atoms with van der Waals surface area (Å²) in [4.78, 5) is 11.5. The van der Waals surface area contributed by atoms with Gasteiger partial charge in [-0.15, -0.1) is 5.10 Å². The summed E-state index contributed by atoms with van der Waals surface area (Å²) in [6.07, 6.45) is 1.67. The summed E-state index contributed by atoms with van der Waals surface area (Å²) in [5.74, 6) is -0.623. The lowest BCUT2D eigenvalue weighted by atomic mass is 10.1. The van der Waals surface area contributed by atoms with Crippen LogP contribution in [0.1, 0.15) is 5.56 Å². The van der Waals surface area contributed by atoms with E-state index in [1.54, 1.807) is 6.07 Å². The third kappa shape index (κ3) is 3.72. The molecule has 0 radical (unpaired) electrons. The molecule has 1 aromatic heterocycles. The Morgan fingerprint density at radius 3 is 3.00 bits per heavy atom. The summed E-state index contributed by atoms with van der Waals surface area (Å²) < 4.78 is 14.7. The van der Waals surface area contributed by atoms with Gasteiger partial charge in [-0.25, -0.2) is 9.07 Å². The number of carbonyl (C=O) groups is 1. The lowest BCUT2D eigenvalue weighted by molar-refractivity contribution is -0.121. The highest BCUT2D eigenvalue weighted by Gasteiger charge is 2.08. The number of nitrogens with zero attached hydrogens (tertiary/aromatic N) is 4. The van der Waals surface area contributed by atoms with Crippen LogP contribution in [0.4, 0.5) is 4.39 Å². The molecule has 100 valence electrons. The van der Waals surface area contributed by atoms with E-state index < -0.39 is 0 Å². The van der Waals surface area contributed by atoms with E-state index in [1.165, 1.54) is 23.1 Å². The molecule has 0 spiro atoms. The summed E-state index contributed by atoms with van der Waals surface area (Å²) in [6.45, 7) is 0.319. The van der Waals surface area contributed by atoms with Crippen LogP contribution >= 0.6 is 11.6 Å². The summed E-state index contributed by atoms with van der Waals surface area (Å²) in [6, 6.07) is 4.49. The molecule has 0 aliphatic rings. The van der Waals surface area contributed by atoms with Crippen LogP contribution in [0, 0.1) is 5.82 Å². The largest absolute Gasteiger partial charge is 0.354 e. The van der Waals surface area contributed by atoms with Gasteiger partial charge in [0.2, 0.25) is 5.91 Å². The zero-order valence-electron chi connectivity index (χ0n) is 9.88. The van der Waals surface area contributed by atoms with Gasteiger partial charge in [-0.2, -0.15) is 0 Å². The molecule has 2 rings (SSSR count). The van der Waals surface area contributed by atoms with E-state index in [0.29, 0.717) is 23.6 Å². The van der Waals surface area contributed by atoms with E-state index in [2.05, 4.69) is 20.8 Å². The molecule has 0 saturated carbocycles. The molecule has 1 N–H and O–H groups in total. The van der Waals surface area contributed by atoms with Crippen LogP contribution in [0.5, 0.6) is 0 Å². The molecule has 0 aliphatic heterocycles. The molecule has 6 nitrogen and oxygen atoms in total. The van der Waals surface area contributed by atoms with Crippen LogP contribution in [0.2, 0.25) is 5.02 Å². The Labute approximate surface area is 113 Å². The Morgan fingerprint density at radius 2 is 2.32 bits per heavy atom. The number of benzene rings is 1. The van der Waals surface area contributed by atoms with Crippen LogP contribution in [-0.4, -0.2) is 32.7 Å². The van der Waals surface area contributed by atoms with E-state index in [9.17, 15) is 9.18 Å². The van der Waals surface area contributed by atoms with Gasteiger partial charge in [-0.3, -0.25) is 4.79 Å². The summed E-state index contributed by atoms with van der Waals surface area (Å²) >= 11 is 5.88. The number of tetrazole rings is 1. The number of hydrogen-bond donors (Lipinski definition) is 1. The van der Waals surface area contributed by atoms with Crippen molar-refractivity contribution in [2.75, 3.05) is 6.54 Å². The zero-order chi connectivity index (χ0) is 13.7. The lowest BCUT2D eigenvalue weighted by Gasteiger charge is -2.07. The van der Waals surface area contributed by atoms with Crippen LogP contribution in [0.3, 0.4) is 0 Å². The van der Waals surface area contributed by atoms with Crippen molar-refractivity contribution in [3.8, 4) is 0 Å². The molecule has 0 fully saturated rings. The molecule has 1 amide bonds. The summed E-state index contributed by atoms with van der Waals surface area (Å²) in [7, 11) is 0. The maximum atomic E-state index is 13.5. The predicted octanol–water partition coefficient (Wildman–Crippen LogP) is 0.824. The van der Waals surface area contributed by atoms with Gasteiger partial charge in [0, 0.05) is 17.1 Å². The first-order valence-corrected chi connectivity index (χ1v) is 5.95. The maximum absolute atomic E-state index is 13.5. The molecule has 1 aromatic carbocycles. The third-order valence-corrected chi connectivity index (χ3v) is 2.81. The fraction of sp³-hybridized carbons (Fsp3) is 0.273. The fourth-order valence-electron chi connectivity index (χ4n) is 1.55. The first-order chi connectivity index (χ1) is 9.16. The predicted molar refractivity (Wildman–Crippen MR) is 65.9 cm³/mol. The molecule has 0 unspecified atom stereocenters. The number of amides is 1. The van der Waals surface area contributed by atoms with Crippen LogP contribution in [-0.2, 0) is 17.8 Å². The van der Waals surface area contributed by atoms with Crippen molar-refractivity contribution < 1.29 is 9.18 Å². The smallest absolute Gasteiger partial charge is 0.241 e. The van der Waals surface area contributed by atoms with Gasteiger partial charge in [0.25, 0.3) is 0 Å². The highest BCUT2D eigenvalue weighted by Crippen LogP contribution is 2.18. The van der Waals surface area contributed by atoms with Crippen molar-refractivity contribution in [2.45, 2.75) is 13.0 Å². The molecule has 2 aromatic rings. The summed E-state index contributed by atoms with van der Waals surface area (Å²) in [5, 5.41) is 13.4. The van der Waals surface area contributed by atoms with Gasteiger partial charge < -0.3 is 5.32 Å².